The lowest BCUT2D eigenvalue weighted by atomic mass is 10.2. The Bertz CT molecular complexity index is 468. The fourth-order valence-corrected chi connectivity index (χ4v) is 2.80. The van der Waals surface area contributed by atoms with Crippen molar-refractivity contribution in [3.63, 3.8) is 0 Å². The zero-order valence-electron chi connectivity index (χ0n) is 9.88. The van der Waals surface area contributed by atoms with E-state index in [-0.39, 0.29) is 12.1 Å². The summed E-state index contributed by atoms with van der Waals surface area (Å²) in [7, 11) is 1.64. The van der Waals surface area contributed by atoms with Gasteiger partial charge in [0.1, 0.15) is 6.10 Å². The van der Waals surface area contributed by atoms with E-state index >= 15 is 0 Å². The summed E-state index contributed by atoms with van der Waals surface area (Å²) in [6.07, 6.45) is -0.106. The molecule has 2 rings (SSSR count). The predicted octanol–water partition coefficient (Wildman–Crippen LogP) is 3.32. The Morgan fingerprint density at radius 1 is 1.44 bits per heavy atom. The first-order valence-electron chi connectivity index (χ1n) is 5.43. The first-order chi connectivity index (χ1) is 8.79. The summed E-state index contributed by atoms with van der Waals surface area (Å²) in [5, 5.41) is 12.3. The second-order valence-corrected chi connectivity index (χ2v) is 5.32. The fourth-order valence-electron chi connectivity index (χ4n) is 1.49. The van der Waals surface area contributed by atoms with Gasteiger partial charge in [-0.2, -0.15) is 11.3 Å². The zero-order valence-corrected chi connectivity index (χ0v) is 11.5. The van der Waals surface area contributed by atoms with Gasteiger partial charge in [0.2, 0.25) is 0 Å². The lowest BCUT2D eigenvalue weighted by Crippen LogP contribution is -2.32. The minimum atomic E-state index is -0.213. The number of amides is 2. The van der Waals surface area contributed by atoms with Gasteiger partial charge in [-0.1, -0.05) is 0 Å². The molecule has 4 nitrogen and oxygen atoms in total. The Morgan fingerprint density at radius 3 is 2.94 bits per heavy atom. The highest BCUT2D eigenvalue weighted by atomic mass is 32.1. The van der Waals surface area contributed by atoms with Crippen molar-refractivity contribution in [1.29, 1.82) is 0 Å². The highest BCUT2D eigenvalue weighted by Crippen LogP contribution is 2.19. The summed E-state index contributed by atoms with van der Waals surface area (Å²) < 4.78 is 5.35. The topological polar surface area (TPSA) is 50.4 Å². The number of urea groups is 1. The van der Waals surface area contributed by atoms with Crippen LogP contribution in [0.2, 0.25) is 0 Å². The summed E-state index contributed by atoms with van der Waals surface area (Å²) in [6.45, 7) is 0.449. The smallest absolute Gasteiger partial charge is 0.319 e. The van der Waals surface area contributed by atoms with Gasteiger partial charge in [-0.3, -0.25) is 5.32 Å². The van der Waals surface area contributed by atoms with Crippen LogP contribution in [0.15, 0.2) is 34.3 Å². The molecule has 0 aliphatic heterocycles. The van der Waals surface area contributed by atoms with E-state index in [1.165, 1.54) is 11.3 Å². The molecule has 96 valence electrons. The Morgan fingerprint density at radius 2 is 2.33 bits per heavy atom. The van der Waals surface area contributed by atoms with Crippen LogP contribution in [0.1, 0.15) is 11.7 Å². The van der Waals surface area contributed by atoms with Crippen LogP contribution >= 0.6 is 22.7 Å². The highest BCUT2D eigenvalue weighted by molar-refractivity contribution is 7.14. The van der Waals surface area contributed by atoms with Crippen LogP contribution in [0, 0.1) is 0 Å². The molecule has 0 radical (unpaired) electrons. The average Bonchev–Trinajstić information content (AvgIpc) is 3.02. The molecule has 1 atom stereocenters. The molecule has 0 spiro atoms. The maximum Gasteiger partial charge on any atom is 0.319 e. The normalized spacial score (nSPS) is 12.1. The molecule has 0 aliphatic carbocycles. The number of nitrogens with one attached hydrogen (secondary N) is 2. The van der Waals surface area contributed by atoms with Crippen molar-refractivity contribution in [1.82, 2.24) is 5.32 Å². The molecule has 2 aromatic rings. The molecule has 0 aromatic carbocycles. The maximum absolute atomic E-state index is 11.6. The van der Waals surface area contributed by atoms with Crippen molar-refractivity contribution < 1.29 is 9.53 Å². The molecule has 2 heterocycles. The second kappa shape index (κ2) is 6.53. The van der Waals surface area contributed by atoms with Crippen molar-refractivity contribution in [3.8, 4) is 0 Å². The quantitative estimate of drug-likeness (QED) is 0.884. The number of anilines is 1. The summed E-state index contributed by atoms with van der Waals surface area (Å²) >= 11 is 3.10. The third kappa shape index (κ3) is 3.56. The third-order valence-electron chi connectivity index (χ3n) is 2.41. The van der Waals surface area contributed by atoms with Crippen LogP contribution in [-0.4, -0.2) is 19.7 Å². The van der Waals surface area contributed by atoms with E-state index in [1.54, 1.807) is 18.4 Å². The van der Waals surface area contributed by atoms with Gasteiger partial charge in [0, 0.05) is 13.7 Å². The zero-order chi connectivity index (χ0) is 12.8. The number of hydrogen-bond acceptors (Lipinski definition) is 4. The number of carbonyl (C=O) groups excluding carboxylic acids is 1. The van der Waals surface area contributed by atoms with Crippen LogP contribution in [0.4, 0.5) is 9.80 Å². The van der Waals surface area contributed by atoms with Crippen LogP contribution < -0.4 is 10.6 Å². The van der Waals surface area contributed by atoms with Crippen molar-refractivity contribution in [3.05, 3.63) is 39.9 Å². The first-order valence-corrected chi connectivity index (χ1v) is 7.25. The number of thiophene rings is 2. The lowest BCUT2D eigenvalue weighted by Gasteiger charge is -2.15. The molecule has 6 heteroatoms. The van der Waals surface area contributed by atoms with Gasteiger partial charge in [0.25, 0.3) is 0 Å². The van der Waals surface area contributed by atoms with Gasteiger partial charge < -0.3 is 10.1 Å². The van der Waals surface area contributed by atoms with Crippen LogP contribution in [0.3, 0.4) is 0 Å². The number of ether oxygens (including phenoxy) is 1. The number of methoxy groups -OCH3 is 1. The Hall–Kier alpha value is -1.37. The molecule has 0 saturated carbocycles. The second-order valence-electron chi connectivity index (χ2n) is 3.59. The summed E-state index contributed by atoms with van der Waals surface area (Å²) in [5.74, 6) is 0. The summed E-state index contributed by atoms with van der Waals surface area (Å²) in [4.78, 5) is 11.6. The maximum atomic E-state index is 11.6. The third-order valence-corrected chi connectivity index (χ3v) is 3.89. The Balaban J connectivity index is 1.81. The Labute approximate surface area is 114 Å². The molecular weight excluding hydrogens is 268 g/mol. The molecule has 0 bridgehead atoms. The molecular formula is C12H14N2O2S2. The summed E-state index contributed by atoms with van der Waals surface area (Å²) in [5.41, 5.74) is 1.08. The molecule has 0 saturated heterocycles. The van der Waals surface area contributed by atoms with Crippen molar-refractivity contribution in [2.75, 3.05) is 19.0 Å². The molecule has 18 heavy (non-hydrogen) atoms. The van der Waals surface area contributed by atoms with Gasteiger partial charge in [0.15, 0.2) is 0 Å². The van der Waals surface area contributed by atoms with E-state index in [9.17, 15) is 4.79 Å². The SMILES string of the molecule is COC(CNC(=O)Nc1cccs1)c1ccsc1. The largest absolute Gasteiger partial charge is 0.375 e. The van der Waals surface area contributed by atoms with Crippen LogP contribution in [0.25, 0.3) is 0 Å². The molecule has 0 aliphatic rings. The van der Waals surface area contributed by atoms with Crippen LogP contribution in [-0.2, 0) is 4.74 Å². The average molecular weight is 282 g/mol. The van der Waals surface area contributed by atoms with Gasteiger partial charge >= 0.3 is 6.03 Å². The van der Waals surface area contributed by atoms with Crippen molar-refractivity contribution in [2.45, 2.75) is 6.10 Å². The standard InChI is InChI=1S/C12H14N2O2S2/c1-16-10(9-4-6-17-8-9)7-13-12(15)14-11-3-2-5-18-11/h2-6,8,10H,7H2,1H3,(H2,13,14,15). The molecule has 2 N–H and O–H groups in total. The first kappa shape index (κ1) is 13.1. The van der Waals surface area contributed by atoms with Gasteiger partial charge in [0.05, 0.1) is 5.00 Å². The minimum absolute atomic E-state index is 0.106. The van der Waals surface area contributed by atoms with Gasteiger partial charge in [-0.15, -0.1) is 11.3 Å². The fraction of sp³-hybridized carbons (Fsp3) is 0.250. The lowest BCUT2D eigenvalue weighted by molar-refractivity contribution is 0.105. The number of rotatable bonds is 5. The molecule has 2 amide bonds. The minimum Gasteiger partial charge on any atom is -0.375 e. The van der Waals surface area contributed by atoms with E-state index in [0.29, 0.717) is 6.54 Å². The van der Waals surface area contributed by atoms with E-state index in [2.05, 4.69) is 10.6 Å². The Kier molecular flexibility index (Phi) is 4.74. The monoisotopic (exact) mass is 282 g/mol. The van der Waals surface area contributed by atoms with E-state index in [1.807, 2.05) is 34.3 Å². The van der Waals surface area contributed by atoms with Gasteiger partial charge in [-0.05, 0) is 39.9 Å². The van der Waals surface area contributed by atoms with Crippen molar-refractivity contribution in [2.24, 2.45) is 0 Å². The molecule has 0 fully saturated rings. The van der Waals surface area contributed by atoms with Crippen molar-refractivity contribution >= 4 is 33.7 Å². The van der Waals surface area contributed by atoms with Gasteiger partial charge in [-0.25, -0.2) is 4.79 Å². The number of hydrogen-bond donors (Lipinski definition) is 2. The molecule has 2 aromatic heterocycles. The number of carbonyl (C=O) groups is 1. The van der Waals surface area contributed by atoms with E-state index in [4.69, 9.17) is 4.74 Å². The van der Waals surface area contributed by atoms with Crippen LogP contribution in [0.5, 0.6) is 0 Å². The molecule has 1 unspecified atom stereocenters. The van der Waals surface area contributed by atoms with E-state index in [0.717, 1.165) is 10.6 Å². The highest BCUT2D eigenvalue weighted by Gasteiger charge is 2.12. The van der Waals surface area contributed by atoms with E-state index < -0.39 is 0 Å². The predicted molar refractivity (Wildman–Crippen MR) is 75.4 cm³/mol. The summed E-state index contributed by atoms with van der Waals surface area (Å²) in [6, 6.07) is 5.54.